The van der Waals surface area contributed by atoms with Crippen molar-refractivity contribution in [3.63, 3.8) is 0 Å². The average Bonchev–Trinajstić information content (AvgIpc) is 3.04. The molecule has 4 nitrogen and oxygen atoms in total. The minimum Gasteiger partial charge on any atom is -0.461 e. The molecule has 0 spiro atoms. The second-order valence-corrected chi connectivity index (χ2v) is 6.49. The first-order valence-corrected chi connectivity index (χ1v) is 8.47. The van der Waals surface area contributed by atoms with Crippen molar-refractivity contribution < 1.29 is 9.53 Å². The van der Waals surface area contributed by atoms with Gasteiger partial charge in [-0.05, 0) is 19.1 Å². The summed E-state index contributed by atoms with van der Waals surface area (Å²) in [7, 11) is 0. The van der Waals surface area contributed by atoms with E-state index in [1.807, 2.05) is 18.2 Å². The number of aromatic nitrogens is 2. The van der Waals surface area contributed by atoms with E-state index in [0.717, 1.165) is 22.2 Å². The van der Waals surface area contributed by atoms with Crippen LogP contribution in [0.4, 0.5) is 0 Å². The van der Waals surface area contributed by atoms with Crippen molar-refractivity contribution in [2.45, 2.75) is 24.8 Å². The van der Waals surface area contributed by atoms with Crippen molar-refractivity contribution in [3.8, 4) is 0 Å². The predicted octanol–water partition coefficient (Wildman–Crippen LogP) is 4.10. The number of nitrogens with zero attached hydrogens (tertiary/aromatic N) is 1. The van der Waals surface area contributed by atoms with Gasteiger partial charge in [0.2, 0.25) is 0 Å². The van der Waals surface area contributed by atoms with Crippen LogP contribution in [0.3, 0.4) is 0 Å². The summed E-state index contributed by atoms with van der Waals surface area (Å²) in [6.07, 6.45) is 2.16. The molecule has 0 aliphatic heterocycles. The molecule has 3 rings (SSSR count). The number of H-pyrrole nitrogens is 1. The van der Waals surface area contributed by atoms with Gasteiger partial charge in [-0.15, -0.1) is 11.8 Å². The van der Waals surface area contributed by atoms with Gasteiger partial charge < -0.3 is 4.74 Å². The molecule has 3 aromatic rings. The Kier molecular flexibility index (Phi) is 4.98. The summed E-state index contributed by atoms with van der Waals surface area (Å²) in [5.41, 5.74) is 3.11. The SMILES string of the molecule is Cc1ccc(SCCC(=O)OCc2cccc3cn[nH]c23)cc1. The second-order valence-electron chi connectivity index (χ2n) is 5.32. The molecule has 0 saturated carbocycles. The number of nitrogens with one attached hydrogen (secondary N) is 1. The third-order valence-corrected chi connectivity index (χ3v) is 4.56. The van der Waals surface area contributed by atoms with Crippen molar-refractivity contribution in [1.29, 1.82) is 0 Å². The maximum Gasteiger partial charge on any atom is 0.306 e. The van der Waals surface area contributed by atoms with Crippen LogP contribution >= 0.6 is 11.8 Å². The van der Waals surface area contributed by atoms with Crippen molar-refractivity contribution in [1.82, 2.24) is 10.2 Å². The Morgan fingerprint density at radius 2 is 2.04 bits per heavy atom. The molecule has 0 saturated heterocycles. The summed E-state index contributed by atoms with van der Waals surface area (Å²) in [5.74, 6) is 0.539. The maximum atomic E-state index is 11.9. The van der Waals surface area contributed by atoms with Gasteiger partial charge in [-0.2, -0.15) is 5.10 Å². The van der Waals surface area contributed by atoms with Crippen LogP contribution in [0.25, 0.3) is 10.9 Å². The number of carbonyl (C=O) groups excluding carboxylic acids is 1. The molecule has 0 amide bonds. The number of ether oxygens (including phenoxy) is 1. The van der Waals surface area contributed by atoms with Crippen LogP contribution in [0.2, 0.25) is 0 Å². The Morgan fingerprint density at radius 3 is 2.87 bits per heavy atom. The number of thioether (sulfide) groups is 1. The normalized spacial score (nSPS) is 10.8. The van der Waals surface area contributed by atoms with E-state index in [1.165, 1.54) is 10.5 Å². The van der Waals surface area contributed by atoms with E-state index < -0.39 is 0 Å². The standard InChI is InChI=1S/C18H18N2O2S/c1-13-5-7-16(8-6-13)23-10-9-17(21)22-12-15-4-2-3-14-11-19-20-18(14)15/h2-8,11H,9-10,12H2,1H3,(H,19,20). The Morgan fingerprint density at radius 1 is 1.22 bits per heavy atom. The Hall–Kier alpha value is -2.27. The van der Waals surface area contributed by atoms with Crippen molar-refractivity contribution in [2.75, 3.05) is 5.75 Å². The molecule has 118 valence electrons. The molecular formula is C18H18N2O2S. The Labute approximate surface area is 139 Å². The molecule has 5 heteroatoms. The quantitative estimate of drug-likeness (QED) is 0.547. The number of aromatic amines is 1. The highest BCUT2D eigenvalue weighted by Crippen LogP contribution is 2.20. The van der Waals surface area contributed by atoms with Crippen LogP contribution < -0.4 is 0 Å². The molecule has 23 heavy (non-hydrogen) atoms. The van der Waals surface area contributed by atoms with Crippen LogP contribution in [0.1, 0.15) is 17.5 Å². The number of hydrogen-bond donors (Lipinski definition) is 1. The number of esters is 1. The molecule has 0 bridgehead atoms. The third kappa shape index (κ3) is 4.13. The van der Waals surface area contributed by atoms with Gasteiger partial charge in [-0.3, -0.25) is 9.89 Å². The van der Waals surface area contributed by atoms with E-state index in [2.05, 4.69) is 41.4 Å². The fraction of sp³-hybridized carbons (Fsp3) is 0.222. The number of hydrogen-bond acceptors (Lipinski definition) is 4. The fourth-order valence-corrected chi connectivity index (χ4v) is 3.10. The van der Waals surface area contributed by atoms with E-state index in [4.69, 9.17) is 4.74 Å². The van der Waals surface area contributed by atoms with Crippen LogP contribution in [0.5, 0.6) is 0 Å². The number of carbonyl (C=O) groups is 1. The van der Waals surface area contributed by atoms with Crippen molar-refractivity contribution in [3.05, 3.63) is 59.8 Å². The van der Waals surface area contributed by atoms with Gasteiger partial charge in [-0.25, -0.2) is 0 Å². The number of fused-ring (bicyclic) bond motifs is 1. The summed E-state index contributed by atoms with van der Waals surface area (Å²) < 4.78 is 5.36. The zero-order valence-corrected chi connectivity index (χ0v) is 13.7. The molecule has 0 aliphatic rings. The van der Waals surface area contributed by atoms with Crippen LogP contribution in [0, 0.1) is 6.92 Å². The highest BCUT2D eigenvalue weighted by molar-refractivity contribution is 7.99. The van der Waals surface area contributed by atoms with Crippen molar-refractivity contribution >= 4 is 28.6 Å². The molecule has 0 fully saturated rings. The Bertz CT molecular complexity index is 796. The van der Waals surface area contributed by atoms with Crippen molar-refractivity contribution in [2.24, 2.45) is 0 Å². The molecule has 1 N–H and O–H groups in total. The summed E-state index contributed by atoms with van der Waals surface area (Å²) in [4.78, 5) is 13.0. The zero-order chi connectivity index (χ0) is 16.1. The van der Waals surface area contributed by atoms with Gasteiger partial charge in [0.25, 0.3) is 0 Å². The van der Waals surface area contributed by atoms with E-state index in [-0.39, 0.29) is 12.6 Å². The first-order valence-electron chi connectivity index (χ1n) is 7.48. The predicted molar refractivity (Wildman–Crippen MR) is 92.4 cm³/mol. The fourth-order valence-electron chi connectivity index (χ4n) is 2.27. The molecule has 0 radical (unpaired) electrons. The van der Waals surface area contributed by atoms with Gasteiger partial charge >= 0.3 is 5.97 Å². The average molecular weight is 326 g/mol. The van der Waals surface area contributed by atoms with Gasteiger partial charge in [0.05, 0.1) is 18.1 Å². The van der Waals surface area contributed by atoms with Crippen LogP contribution in [-0.4, -0.2) is 21.9 Å². The molecule has 0 unspecified atom stereocenters. The molecule has 1 heterocycles. The molecule has 0 aliphatic carbocycles. The second kappa shape index (κ2) is 7.33. The Balaban J connectivity index is 1.46. The molecular weight excluding hydrogens is 308 g/mol. The van der Waals surface area contributed by atoms with Crippen LogP contribution in [0.15, 0.2) is 53.6 Å². The lowest BCUT2D eigenvalue weighted by molar-refractivity contribution is -0.144. The smallest absolute Gasteiger partial charge is 0.306 e. The zero-order valence-electron chi connectivity index (χ0n) is 12.9. The lowest BCUT2D eigenvalue weighted by atomic mass is 10.1. The molecule has 0 atom stereocenters. The first-order chi connectivity index (χ1) is 11.2. The highest BCUT2D eigenvalue weighted by Gasteiger charge is 2.07. The summed E-state index contributed by atoms with van der Waals surface area (Å²) in [6.45, 7) is 2.33. The maximum absolute atomic E-state index is 11.9. The lowest BCUT2D eigenvalue weighted by Crippen LogP contribution is -2.05. The minimum absolute atomic E-state index is 0.180. The van der Waals surface area contributed by atoms with Gasteiger partial charge in [0.15, 0.2) is 0 Å². The summed E-state index contributed by atoms with van der Waals surface area (Å²) in [5, 5.41) is 7.97. The topological polar surface area (TPSA) is 55.0 Å². The minimum atomic E-state index is -0.180. The highest BCUT2D eigenvalue weighted by atomic mass is 32.2. The number of aryl methyl sites for hydroxylation is 1. The lowest BCUT2D eigenvalue weighted by Gasteiger charge is -2.06. The third-order valence-electron chi connectivity index (χ3n) is 3.55. The number of para-hydroxylation sites is 1. The van der Waals surface area contributed by atoms with Gasteiger partial charge in [-0.1, -0.05) is 35.9 Å². The van der Waals surface area contributed by atoms with Gasteiger partial charge in [0.1, 0.15) is 6.61 Å². The monoisotopic (exact) mass is 326 g/mol. The molecule has 2 aromatic carbocycles. The summed E-state index contributed by atoms with van der Waals surface area (Å²) in [6, 6.07) is 14.2. The molecule has 1 aromatic heterocycles. The van der Waals surface area contributed by atoms with E-state index in [0.29, 0.717) is 6.42 Å². The van der Waals surface area contributed by atoms with Crippen LogP contribution in [-0.2, 0) is 16.1 Å². The largest absolute Gasteiger partial charge is 0.461 e. The van der Waals surface area contributed by atoms with Gasteiger partial charge in [0, 0.05) is 21.6 Å². The summed E-state index contributed by atoms with van der Waals surface area (Å²) >= 11 is 1.67. The van der Waals surface area contributed by atoms with E-state index >= 15 is 0 Å². The first kappa shape index (κ1) is 15.6. The number of benzene rings is 2. The van der Waals surface area contributed by atoms with E-state index in [9.17, 15) is 4.79 Å². The van der Waals surface area contributed by atoms with E-state index in [1.54, 1.807) is 18.0 Å². The number of rotatable bonds is 6.